The Morgan fingerprint density at radius 2 is 1.33 bits per heavy atom. The Bertz CT molecular complexity index is 290. The molecule has 0 saturated heterocycles. The standard InChI is InChI=1S/C16H28O4.ClH/c1-2-3-4-5-6-7-8-9-10-11-14-20-16(19)13-12-15(17)18;/h12-13H,2-11,14H2,1H3,(H,17,18);1H/p-2/b13-12-;. The second kappa shape index (κ2) is 17.0. The van der Waals surface area contributed by atoms with Crippen molar-refractivity contribution in [2.45, 2.75) is 71.1 Å². The fourth-order valence-corrected chi connectivity index (χ4v) is 1.95. The monoisotopic (exact) mass is 318 g/mol. The Morgan fingerprint density at radius 1 is 0.857 bits per heavy atom. The molecule has 0 aliphatic heterocycles. The van der Waals surface area contributed by atoms with Crippen LogP contribution in [0.1, 0.15) is 71.1 Å². The fourth-order valence-electron chi connectivity index (χ4n) is 1.95. The van der Waals surface area contributed by atoms with Crippen LogP contribution < -0.4 is 17.5 Å². The maximum absolute atomic E-state index is 11.0. The summed E-state index contributed by atoms with van der Waals surface area (Å²) in [4.78, 5) is 21.1. The van der Waals surface area contributed by atoms with Crippen LogP contribution in [-0.2, 0) is 14.3 Å². The van der Waals surface area contributed by atoms with Crippen molar-refractivity contribution in [3.63, 3.8) is 0 Å². The second-order valence-corrected chi connectivity index (χ2v) is 5.00. The normalized spacial score (nSPS) is 10.3. The van der Waals surface area contributed by atoms with Gasteiger partial charge < -0.3 is 27.0 Å². The lowest BCUT2D eigenvalue weighted by atomic mass is 10.1. The minimum absolute atomic E-state index is 0. The van der Waals surface area contributed by atoms with Gasteiger partial charge in [-0.1, -0.05) is 64.7 Å². The molecule has 0 rings (SSSR count). The van der Waals surface area contributed by atoms with E-state index >= 15 is 0 Å². The van der Waals surface area contributed by atoms with E-state index in [2.05, 4.69) is 6.92 Å². The van der Waals surface area contributed by atoms with Gasteiger partial charge in [-0.2, -0.15) is 0 Å². The van der Waals surface area contributed by atoms with Crippen molar-refractivity contribution in [2.75, 3.05) is 6.61 Å². The SMILES string of the molecule is CCCCCCCCCCCCOC(=O)/C=C\C(=O)[O-].[Cl-]. The maximum atomic E-state index is 11.0. The van der Waals surface area contributed by atoms with E-state index in [9.17, 15) is 14.7 Å². The molecule has 0 radical (unpaired) electrons. The molecule has 0 N–H and O–H groups in total. The topological polar surface area (TPSA) is 66.4 Å². The highest BCUT2D eigenvalue weighted by atomic mass is 35.5. The molecule has 0 saturated carbocycles. The minimum atomic E-state index is -1.39. The van der Waals surface area contributed by atoms with Gasteiger partial charge in [0.05, 0.1) is 12.6 Å². The summed E-state index contributed by atoms with van der Waals surface area (Å²) >= 11 is 0. The van der Waals surface area contributed by atoms with Crippen molar-refractivity contribution in [1.29, 1.82) is 0 Å². The van der Waals surface area contributed by atoms with Crippen LogP contribution in [0.3, 0.4) is 0 Å². The lowest BCUT2D eigenvalue weighted by Gasteiger charge is -2.03. The molecule has 0 aliphatic carbocycles. The number of hydrogen-bond acceptors (Lipinski definition) is 4. The minimum Gasteiger partial charge on any atom is -1.00 e. The smallest absolute Gasteiger partial charge is 0.330 e. The van der Waals surface area contributed by atoms with Crippen molar-refractivity contribution >= 4 is 11.9 Å². The lowest BCUT2D eigenvalue weighted by molar-refractivity contribution is -0.297. The van der Waals surface area contributed by atoms with Crippen molar-refractivity contribution in [2.24, 2.45) is 0 Å². The van der Waals surface area contributed by atoms with Gasteiger partial charge in [0.2, 0.25) is 0 Å². The first kappa shape index (κ1) is 22.3. The Morgan fingerprint density at radius 3 is 1.81 bits per heavy atom. The number of ether oxygens (including phenoxy) is 1. The molecule has 0 heterocycles. The van der Waals surface area contributed by atoms with Gasteiger partial charge in [0.15, 0.2) is 0 Å². The van der Waals surface area contributed by atoms with E-state index in [0.29, 0.717) is 12.7 Å². The highest BCUT2D eigenvalue weighted by molar-refractivity contribution is 5.89. The van der Waals surface area contributed by atoms with Crippen LogP contribution in [0.25, 0.3) is 0 Å². The average Bonchev–Trinajstić information content (AvgIpc) is 2.42. The fraction of sp³-hybridized carbons (Fsp3) is 0.750. The molecule has 4 nitrogen and oxygen atoms in total. The number of carboxylic acids is 1. The van der Waals surface area contributed by atoms with E-state index in [0.717, 1.165) is 18.9 Å². The van der Waals surface area contributed by atoms with Gasteiger partial charge in [0.1, 0.15) is 0 Å². The van der Waals surface area contributed by atoms with Crippen LogP contribution >= 0.6 is 0 Å². The van der Waals surface area contributed by atoms with Crippen LogP contribution in [0.4, 0.5) is 0 Å². The van der Waals surface area contributed by atoms with Crippen LogP contribution in [-0.4, -0.2) is 18.5 Å². The number of carboxylic acid groups (broad SMARTS) is 1. The lowest BCUT2D eigenvalue weighted by Crippen LogP contribution is -3.00. The van der Waals surface area contributed by atoms with Gasteiger partial charge in [-0.3, -0.25) is 0 Å². The van der Waals surface area contributed by atoms with Gasteiger partial charge in [0, 0.05) is 6.08 Å². The molecular formula is C16H27ClO4-2. The average molecular weight is 319 g/mol. The third-order valence-corrected chi connectivity index (χ3v) is 3.10. The summed E-state index contributed by atoms with van der Waals surface area (Å²) in [7, 11) is 0. The molecule has 0 amide bonds. The van der Waals surface area contributed by atoms with Gasteiger partial charge in [-0.15, -0.1) is 0 Å². The first-order valence-corrected chi connectivity index (χ1v) is 7.72. The number of aliphatic carboxylic acids is 1. The zero-order chi connectivity index (χ0) is 15.1. The Hall–Kier alpha value is -1.03. The van der Waals surface area contributed by atoms with Crippen molar-refractivity contribution in [1.82, 2.24) is 0 Å². The third kappa shape index (κ3) is 19.0. The molecule has 0 unspecified atom stereocenters. The molecule has 0 aromatic rings. The van der Waals surface area contributed by atoms with Gasteiger partial charge >= 0.3 is 5.97 Å². The van der Waals surface area contributed by atoms with Crippen molar-refractivity contribution in [3.05, 3.63) is 12.2 Å². The molecule has 0 fully saturated rings. The third-order valence-electron chi connectivity index (χ3n) is 3.10. The molecule has 0 bridgehead atoms. The van der Waals surface area contributed by atoms with Gasteiger partial charge in [-0.05, 0) is 12.5 Å². The Balaban J connectivity index is 0. The van der Waals surface area contributed by atoms with Crippen LogP contribution in [0.15, 0.2) is 12.2 Å². The first-order chi connectivity index (χ1) is 9.66. The second-order valence-electron chi connectivity index (χ2n) is 5.00. The molecular weight excluding hydrogens is 292 g/mol. The largest absolute Gasteiger partial charge is 1.00 e. The van der Waals surface area contributed by atoms with E-state index in [1.54, 1.807) is 0 Å². The number of carbonyl (C=O) groups is 2. The Kier molecular flexibility index (Phi) is 18.0. The zero-order valence-electron chi connectivity index (χ0n) is 12.9. The number of rotatable bonds is 13. The van der Waals surface area contributed by atoms with E-state index in [1.807, 2.05) is 0 Å². The number of carbonyl (C=O) groups excluding carboxylic acids is 2. The summed E-state index contributed by atoms with van der Waals surface area (Å²) in [5.74, 6) is -2.01. The van der Waals surface area contributed by atoms with E-state index in [1.165, 1.54) is 51.4 Å². The van der Waals surface area contributed by atoms with Crippen molar-refractivity contribution < 1.29 is 31.8 Å². The summed E-state index contributed by atoms with van der Waals surface area (Å²) in [6.45, 7) is 2.58. The number of hydrogen-bond donors (Lipinski definition) is 0. The summed E-state index contributed by atoms with van der Waals surface area (Å²) in [6.07, 6.45) is 13.8. The molecule has 0 atom stereocenters. The highest BCUT2D eigenvalue weighted by Crippen LogP contribution is 2.10. The maximum Gasteiger partial charge on any atom is 0.330 e. The van der Waals surface area contributed by atoms with Gasteiger partial charge in [0.25, 0.3) is 0 Å². The van der Waals surface area contributed by atoms with E-state index in [4.69, 9.17) is 4.74 Å². The molecule has 0 aromatic heterocycles. The summed E-state index contributed by atoms with van der Waals surface area (Å²) < 4.78 is 4.85. The summed E-state index contributed by atoms with van der Waals surface area (Å²) in [5, 5.41) is 10.1. The Labute approximate surface area is 134 Å². The van der Waals surface area contributed by atoms with E-state index < -0.39 is 11.9 Å². The predicted octanol–water partition coefficient (Wildman–Crippen LogP) is -0.239. The van der Waals surface area contributed by atoms with Crippen molar-refractivity contribution in [3.8, 4) is 0 Å². The molecule has 0 aromatic carbocycles. The number of halogens is 1. The summed E-state index contributed by atoms with van der Waals surface area (Å²) in [5.41, 5.74) is 0. The molecule has 0 spiro atoms. The van der Waals surface area contributed by atoms with Crippen LogP contribution in [0.2, 0.25) is 0 Å². The zero-order valence-corrected chi connectivity index (χ0v) is 13.7. The number of esters is 1. The summed E-state index contributed by atoms with van der Waals surface area (Å²) in [6, 6.07) is 0. The van der Waals surface area contributed by atoms with Crippen LogP contribution in [0.5, 0.6) is 0 Å². The molecule has 124 valence electrons. The molecule has 5 heteroatoms. The van der Waals surface area contributed by atoms with Gasteiger partial charge in [-0.25, -0.2) is 4.79 Å². The van der Waals surface area contributed by atoms with E-state index in [-0.39, 0.29) is 12.4 Å². The predicted molar refractivity (Wildman–Crippen MR) is 77.0 cm³/mol. The molecule has 0 aliphatic rings. The number of unbranched alkanes of at least 4 members (excludes halogenated alkanes) is 9. The first-order valence-electron chi connectivity index (χ1n) is 7.72. The quantitative estimate of drug-likeness (QED) is 0.267. The van der Waals surface area contributed by atoms with Crippen LogP contribution in [0, 0.1) is 0 Å². The molecule has 21 heavy (non-hydrogen) atoms. The highest BCUT2D eigenvalue weighted by Gasteiger charge is 1.97.